The highest BCUT2D eigenvalue weighted by molar-refractivity contribution is 6.22. The van der Waals surface area contributed by atoms with Crippen LogP contribution < -0.4 is 15.8 Å². The van der Waals surface area contributed by atoms with E-state index in [0.29, 0.717) is 31.2 Å². The maximum Gasteiger partial charge on any atom is 0.329 e. The van der Waals surface area contributed by atoms with Crippen LogP contribution in [0.25, 0.3) is 0 Å². The van der Waals surface area contributed by atoms with Crippen molar-refractivity contribution >= 4 is 23.5 Å². The molecule has 0 saturated carbocycles. The molecule has 1 aromatic heterocycles. The van der Waals surface area contributed by atoms with Gasteiger partial charge in [-0.15, -0.1) is 0 Å². The number of nitrogens with one attached hydrogen (secondary N) is 1. The summed E-state index contributed by atoms with van der Waals surface area (Å²) in [7, 11) is 0. The number of rotatable bonds is 4. The van der Waals surface area contributed by atoms with Gasteiger partial charge in [-0.3, -0.25) is 14.4 Å². The third-order valence-electron chi connectivity index (χ3n) is 7.05. The predicted octanol–water partition coefficient (Wildman–Crippen LogP) is 2.43. The Morgan fingerprint density at radius 2 is 1.79 bits per heavy atom. The van der Waals surface area contributed by atoms with Crippen molar-refractivity contribution in [1.29, 1.82) is 0 Å². The minimum Gasteiger partial charge on any atom is -0.342 e. The van der Waals surface area contributed by atoms with E-state index in [9.17, 15) is 19.2 Å². The smallest absolute Gasteiger partial charge is 0.329 e. The normalized spacial score (nSPS) is 24.2. The minimum atomic E-state index is -0.869. The van der Waals surface area contributed by atoms with Gasteiger partial charge in [0.15, 0.2) is 0 Å². The average Bonchev–Trinajstić information content (AvgIpc) is 3.07. The Morgan fingerprint density at radius 1 is 1.03 bits per heavy atom. The molecule has 0 aliphatic carbocycles. The van der Waals surface area contributed by atoms with Crippen LogP contribution in [0, 0.1) is 5.92 Å². The van der Waals surface area contributed by atoms with Gasteiger partial charge in [0.1, 0.15) is 6.04 Å². The van der Waals surface area contributed by atoms with Crippen molar-refractivity contribution in [3.63, 3.8) is 0 Å². The van der Waals surface area contributed by atoms with Gasteiger partial charge in [-0.2, -0.15) is 0 Å². The van der Waals surface area contributed by atoms with Gasteiger partial charge in [0.25, 0.3) is 11.5 Å². The summed E-state index contributed by atoms with van der Waals surface area (Å²) >= 11 is 0. The van der Waals surface area contributed by atoms with Gasteiger partial charge in [0, 0.05) is 37.3 Å². The second-order valence-electron chi connectivity index (χ2n) is 9.62. The number of urea groups is 1. The Labute approximate surface area is 192 Å². The van der Waals surface area contributed by atoms with Crippen LogP contribution in [0.2, 0.25) is 0 Å². The summed E-state index contributed by atoms with van der Waals surface area (Å²) in [6.07, 6.45) is 0.888. The molecule has 8 nitrogen and oxygen atoms in total. The largest absolute Gasteiger partial charge is 0.342 e. The molecule has 2 saturated heterocycles. The first-order chi connectivity index (χ1) is 15.8. The van der Waals surface area contributed by atoms with Gasteiger partial charge in [-0.1, -0.05) is 32.0 Å². The summed E-state index contributed by atoms with van der Waals surface area (Å²) in [4.78, 5) is 53.8. The number of likely N-dealkylation sites (tertiary alicyclic amines) is 1. The van der Waals surface area contributed by atoms with Gasteiger partial charge in [-0.25, -0.2) is 9.69 Å². The van der Waals surface area contributed by atoms with Crippen molar-refractivity contribution in [1.82, 2.24) is 14.8 Å². The summed E-state index contributed by atoms with van der Waals surface area (Å²) in [6, 6.07) is 11.3. The first-order valence-corrected chi connectivity index (χ1v) is 11.5. The first-order valence-electron chi connectivity index (χ1n) is 11.5. The van der Waals surface area contributed by atoms with Crippen LogP contribution in [0.5, 0.6) is 0 Å². The fourth-order valence-electron chi connectivity index (χ4n) is 5.33. The van der Waals surface area contributed by atoms with Gasteiger partial charge in [0.2, 0.25) is 5.91 Å². The van der Waals surface area contributed by atoms with E-state index < -0.39 is 18.0 Å². The molecule has 0 spiro atoms. The van der Waals surface area contributed by atoms with E-state index in [2.05, 4.69) is 19.2 Å². The van der Waals surface area contributed by atoms with Crippen LogP contribution in [0.1, 0.15) is 49.8 Å². The molecular formula is C25H28N4O4. The van der Waals surface area contributed by atoms with Gasteiger partial charge < -0.3 is 14.8 Å². The molecule has 3 atom stereocenters. The van der Waals surface area contributed by atoms with E-state index in [-0.39, 0.29) is 29.7 Å². The number of aromatic nitrogens is 1. The van der Waals surface area contributed by atoms with Gasteiger partial charge in [-0.05, 0) is 42.0 Å². The molecule has 4 amide bonds. The number of hydrogen-bond acceptors (Lipinski definition) is 4. The van der Waals surface area contributed by atoms with Crippen molar-refractivity contribution in [2.45, 2.75) is 51.1 Å². The molecule has 4 heterocycles. The van der Waals surface area contributed by atoms with E-state index in [0.717, 1.165) is 22.6 Å². The fraction of sp³-hybridized carbons (Fsp3) is 0.440. The number of nitrogens with zero attached hydrogens (tertiary/aromatic N) is 3. The first kappa shape index (κ1) is 21.4. The molecule has 3 unspecified atom stereocenters. The molecule has 3 aliphatic heterocycles. The lowest BCUT2D eigenvalue weighted by atomic mass is 9.83. The molecule has 8 heteroatoms. The SMILES string of the molecule is CC(C)c1ccc(N2C(=O)NC(CC(=O)N3CC4CC(C3)c3cccc(=O)n3C4)C2=O)cc1. The summed E-state index contributed by atoms with van der Waals surface area (Å²) < 4.78 is 1.82. The standard InChI is InChI=1S/C25H28N4O4/c1-15(2)17-6-8-19(9-7-17)29-24(32)20(26-25(29)33)11-23(31)27-12-16-10-18(14-27)21-4-3-5-22(30)28(21)13-16/h3-9,15-16,18,20H,10-14H2,1-2H3,(H,26,33). The minimum absolute atomic E-state index is 0.00256. The maximum atomic E-state index is 13.1. The number of amides is 4. The number of anilines is 1. The second-order valence-corrected chi connectivity index (χ2v) is 9.62. The predicted molar refractivity (Wildman–Crippen MR) is 123 cm³/mol. The molecule has 0 radical (unpaired) electrons. The van der Waals surface area contributed by atoms with Crippen molar-refractivity contribution in [2.75, 3.05) is 18.0 Å². The molecule has 1 aromatic carbocycles. The van der Waals surface area contributed by atoms with Crippen LogP contribution in [0.3, 0.4) is 0 Å². The third-order valence-corrected chi connectivity index (χ3v) is 7.05. The number of benzene rings is 1. The Bertz CT molecular complexity index is 1170. The lowest BCUT2D eigenvalue weighted by Crippen LogP contribution is -2.50. The van der Waals surface area contributed by atoms with E-state index in [4.69, 9.17) is 0 Å². The molecule has 33 heavy (non-hydrogen) atoms. The fourth-order valence-corrected chi connectivity index (χ4v) is 5.33. The Morgan fingerprint density at radius 3 is 2.52 bits per heavy atom. The van der Waals surface area contributed by atoms with Gasteiger partial charge >= 0.3 is 6.03 Å². The molecule has 5 rings (SSSR count). The number of pyridine rings is 1. The number of imide groups is 1. The zero-order chi connectivity index (χ0) is 23.3. The monoisotopic (exact) mass is 448 g/mol. The van der Waals surface area contributed by atoms with Gasteiger partial charge in [0.05, 0.1) is 12.1 Å². The summed E-state index contributed by atoms with van der Waals surface area (Å²) in [6.45, 7) is 5.85. The molecule has 2 bridgehead atoms. The molecule has 172 valence electrons. The van der Waals surface area contributed by atoms with E-state index >= 15 is 0 Å². The second kappa shape index (κ2) is 8.17. The summed E-state index contributed by atoms with van der Waals surface area (Å²) in [5.41, 5.74) is 2.60. The zero-order valence-corrected chi connectivity index (χ0v) is 18.9. The molecule has 2 aromatic rings. The van der Waals surface area contributed by atoms with Crippen LogP contribution in [0.4, 0.5) is 10.5 Å². The number of carbonyl (C=O) groups excluding carboxylic acids is 3. The lowest BCUT2D eigenvalue weighted by Gasteiger charge is -2.43. The Hall–Kier alpha value is -3.42. The molecule has 1 N–H and O–H groups in total. The summed E-state index contributed by atoms with van der Waals surface area (Å²) in [5.74, 6) is 0.124. The Kier molecular flexibility index (Phi) is 5.31. The van der Waals surface area contributed by atoms with Crippen LogP contribution in [-0.2, 0) is 16.1 Å². The number of carbonyl (C=O) groups is 3. The van der Waals surface area contributed by atoms with Crippen molar-refractivity contribution in [3.05, 3.63) is 64.1 Å². The van der Waals surface area contributed by atoms with Crippen LogP contribution >= 0.6 is 0 Å². The average molecular weight is 449 g/mol. The van der Waals surface area contributed by atoms with E-state index in [1.807, 2.05) is 22.8 Å². The lowest BCUT2D eigenvalue weighted by molar-refractivity contribution is -0.136. The molecular weight excluding hydrogens is 420 g/mol. The van der Waals surface area contributed by atoms with Crippen molar-refractivity contribution < 1.29 is 14.4 Å². The Balaban J connectivity index is 1.27. The maximum absolute atomic E-state index is 13.1. The number of hydrogen-bond donors (Lipinski definition) is 1. The van der Waals surface area contributed by atoms with Crippen molar-refractivity contribution in [2.24, 2.45) is 5.92 Å². The highest BCUT2D eigenvalue weighted by atomic mass is 16.2. The number of fused-ring (bicyclic) bond motifs is 4. The zero-order valence-electron chi connectivity index (χ0n) is 18.9. The summed E-state index contributed by atoms with van der Waals surface area (Å²) in [5, 5.41) is 2.68. The highest BCUT2D eigenvalue weighted by Gasteiger charge is 2.42. The van der Waals surface area contributed by atoms with Crippen LogP contribution in [0.15, 0.2) is 47.3 Å². The number of piperidine rings is 1. The topological polar surface area (TPSA) is 91.7 Å². The van der Waals surface area contributed by atoms with E-state index in [1.54, 1.807) is 29.2 Å². The quantitative estimate of drug-likeness (QED) is 0.728. The highest BCUT2D eigenvalue weighted by Crippen LogP contribution is 2.35. The molecule has 3 aliphatic rings. The van der Waals surface area contributed by atoms with Crippen LogP contribution in [-0.4, -0.2) is 46.4 Å². The molecule has 2 fully saturated rings. The van der Waals surface area contributed by atoms with E-state index in [1.165, 1.54) is 0 Å². The third kappa shape index (κ3) is 3.83. The van der Waals surface area contributed by atoms with Crippen molar-refractivity contribution in [3.8, 4) is 0 Å².